The Hall–Kier alpha value is -3.13. The molecule has 0 bridgehead atoms. The fraction of sp³-hybridized carbons (Fsp3) is 0.0455. The second-order valence-corrected chi connectivity index (χ2v) is 5.98. The van der Waals surface area contributed by atoms with Crippen molar-refractivity contribution in [3.8, 4) is 0 Å². The maximum atomic E-state index is 12.7. The van der Waals surface area contributed by atoms with Gasteiger partial charge in [0.1, 0.15) is 0 Å². The Bertz CT molecular complexity index is 937. The highest BCUT2D eigenvalue weighted by Crippen LogP contribution is 2.39. The number of rotatable bonds is 2. The number of anilines is 1. The molecule has 2 heteroatoms. The van der Waals surface area contributed by atoms with E-state index in [0.29, 0.717) is 0 Å². The van der Waals surface area contributed by atoms with Crippen LogP contribution in [0, 0.1) is 6.92 Å². The van der Waals surface area contributed by atoms with Crippen molar-refractivity contribution in [2.45, 2.75) is 6.92 Å². The number of fused-ring (bicyclic) bond motifs is 1. The molecule has 1 aliphatic rings. The highest BCUT2D eigenvalue weighted by Gasteiger charge is 2.28. The summed E-state index contributed by atoms with van der Waals surface area (Å²) in [7, 11) is 0. The molecule has 1 amide bonds. The van der Waals surface area contributed by atoms with Crippen molar-refractivity contribution in [2.24, 2.45) is 0 Å². The van der Waals surface area contributed by atoms with Crippen LogP contribution in [-0.2, 0) is 4.79 Å². The molecule has 1 aliphatic heterocycles. The van der Waals surface area contributed by atoms with E-state index in [9.17, 15) is 4.79 Å². The minimum Gasteiger partial charge on any atom is -0.321 e. The van der Waals surface area contributed by atoms with Gasteiger partial charge in [-0.3, -0.25) is 4.79 Å². The van der Waals surface area contributed by atoms with E-state index in [1.165, 1.54) is 5.56 Å². The van der Waals surface area contributed by atoms with Gasteiger partial charge in [-0.25, -0.2) is 0 Å². The predicted octanol–water partition coefficient (Wildman–Crippen LogP) is 4.91. The third kappa shape index (κ3) is 2.42. The van der Waals surface area contributed by atoms with Crippen LogP contribution in [0.3, 0.4) is 0 Å². The Morgan fingerprint density at radius 2 is 1.38 bits per heavy atom. The highest BCUT2D eigenvalue weighted by atomic mass is 16.2. The van der Waals surface area contributed by atoms with Crippen molar-refractivity contribution in [3.05, 3.63) is 101 Å². The maximum Gasteiger partial charge on any atom is 0.257 e. The number of hydrogen-bond donors (Lipinski definition) is 1. The number of benzene rings is 3. The topological polar surface area (TPSA) is 29.1 Å². The summed E-state index contributed by atoms with van der Waals surface area (Å²) < 4.78 is 0. The van der Waals surface area contributed by atoms with E-state index in [0.717, 1.165) is 33.5 Å². The average molecular weight is 311 g/mol. The van der Waals surface area contributed by atoms with Crippen molar-refractivity contribution in [3.63, 3.8) is 0 Å². The molecule has 3 aromatic rings. The molecule has 2 nitrogen and oxygen atoms in total. The van der Waals surface area contributed by atoms with Crippen LogP contribution < -0.4 is 5.32 Å². The molecule has 1 N–H and O–H groups in total. The molecule has 0 spiro atoms. The molecule has 0 aliphatic carbocycles. The lowest BCUT2D eigenvalue weighted by Crippen LogP contribution is -2.06. The van der Waals surface area contributed by atoms with Gasteiger partial charge < -0.3 is 5.32 Å². The molecule has 0 saturated heterocycles. The lowest BCUT2D eigenvalue weighted by Gasteiger charge is -2.12. The molecule has 4 rings (SSSR count). The third-order valence-electron chi connectivity index (χ3n) is 4.32. The summed E-state index contributed by atoms with van der Waals surface area (Å²) in [6.45, 7) is 2.07. The van der Waals surface area contributed by atoms with Gasteiger partial charge >= 0.3 is 0 Å². The summed E-state index contributed by atoms with van der Waals surface area (Å²) in [4.78, 5) is 12.7. The Balaban J connectivity index is 2.03. The molecule has 24 heavy (non-hydrogen) atoms. The molecule has 0 atom stereocenters. The minimum atomic E-state index is -0.0457. The first-order valence-corrected chi connectivity index (χ1v) is 8.01. The molecule has 0 unspecified atom stereocenters. The van der Waals surface area contributed by atoms with Gasteiger partial charge in [-0.15, -0.1) is 0 Å². The fourth-order valence-electron chi connectivity index (χ4n) is 3.15. The maximum absolute atomic E-state index is 12.7. The Morgan fingerprint density at radius 3 is 2.12 bits per heavy atom. The van der Waals surface area contributed by atoms with Gasteiger partial charge in [0, 0.05) is 16.8 Å². The molecule has 1 heterocycles. The fourth-order valence-corrected chi connectivity index (χ4v) is 3.15. The zero-order valence-corrected chi connectivity index (χ0v) is 13.4. The normalized spacial score (nSPS) is 15.0. The zero-order chi connectivity index (χ0) is 16.5. The largest absolute Gasteiger partial charge is 0.321 e. The number of carbonyl (C=O) groups is 1. The van der Waals surface area contributed by atoms with E-state index in [1.807, 2.05) is 42.5 Å². The van der Waals surface area contributed by atoms with Crippen LogP contribution in [0.15, 0.2) is 78.9 Å². The number of aryl methyl sites for hydroxylation is 1. The smallest absolute Gasteiger partial charge is 0.257 e. The minimum absolute atomic E-state index is 0.0457. The van der Waals surface area contributed by atoms with Gasteiger partial charge in [-0.2, -0.15) is 0 Å². The van der Waals surface area contributed by atoms with Crippen LogP contribution in [0.4, 0.5) is 5.69 Å². The summed E-state index contributed by atoms with van der Waals surface area (Å²) >= 11 is 0. The number of amides is 1. The molecule has 116 valence electrons. The highest BCUT2D eigenvalue weighted by molar-refractivity contribution is 6.38. The monoisotopic (exact) mass is 311 g/mol. The van der Waals surface area contributed by atoms with Crippen molar-refractivity contribution >= 4 is 22.7 Å². The van der Waals surface area contributed by atoms with Gasteiger partial charge in [0.2, 0.25) is 0 Å². The van der Waals surface area contributed by atoms with Crippen LogP contribution in [0.2, 0.25) is 0 Å². The molecule has 0 saturated carbocycles. The van der Waals surface area contributed by atoms with E-state index in [4.69, 9.17) is 0 Å². The van der Waals surface area contributed by atoms with Crippen molar-refractivity contribution < 1.29 is 4.79 Å². The van der Waals surface area contributed by atoms with Crippen LogP contribution in [-0.4, -0.2) is 5.91 Å². The number of carbonyl (C=O) groups excluding carboxylic acids is 1. The van der Waals surface area contributed by atoms with Crippen LogP contribution >= 0.6 is 0 Å². The Kier molecular flexibility index (Phi) is 3.51. The second-order valence-electron chi connectivity index (χ2n) is 5.98. The molecule has 0 radical (unpaired) electrons. The molecule has 0 aromatic heterocycles. The summed E-state index contributed by atoms with van der Waals surface area (Å²) in [5, 5.41) is 2.98. The average Bonchev–Trinajstić information content (AvgIpc) is 2.94. The van der Waals surface area contributed by atoms with E-state index in [1.54, 1.807) is 0 Å². The summed E-state index contributed by atoms with van der Waals surface area (Å²) in [6.07, 6.45) is 0. The van der Waals surface area contributed by atoms with Gasteiger partial charge in [0.15, 0.2) is 0 Å². The first-order valence-electron chi connectivity index (χ1n) is 8.01. The van der Waals surface area contributed by atoms with Crippen molar-refractivity contribution in [1.29, 1.82) is 0 Å². The molecule has 0 fully saturated rings. The summed E-state index contributed by atoms with van der Waals surface area (Å²) in [5.41, 5.74) is 6.84. The van der Waals surface area contributed by atoms with Gasteiger partial charge in [-0.05, 0) is 24.1 Å². The van der Waals surface area contributed by atoms with Gasteiger partial charge in [-0.1, -0.05) is 78.4 Å². The number of nitrogens with one attached hydrogen (secondary N) is 1. The second kappa shape index (κ2) is 5.82. The standard InChI is InChI=1S/C22H17NO/c1-15-11-13-17(14-12-15)20(16-7-3-2-4-8-16)21-18-9-5-6-10-19(18)23-22(21)24/h2-14H,1H3,(H,23,24)/b21-20+. The van der Waals surface area contributed by atoms with Crippen molar-refractivity contribution in [1.82, 2.24) is 0 Å². The predicted molar refractivity (Wildman–Crippen MR) is 98.6 cm³/mol. The first-order chi connectivity index (χ1) is 11.7. The quantitative estimate of drug-likeness (QED) is 0.670. The van der Waals surface area contributed by atoms with Crippen LogP contribution in [0.5, 0.6) is 0 Å². The van der Waals surface area contributed by atoms with Gasteiger partial charge in [0.25, 0.3) is 5.91 Å². The molecular weight excluding hydrogens is 294 g/mol. The summed E-state index contributed by atoms with van der Waals surface area (Å²) in [5.74, 6) is -0.0457. The van der Waals surface area contributed by atoms with E-state index >= 15 is 0 Å². The molecular formula is C22H17NO. The van der Waals surface area contributed by atoms with Crippen LogP contribution in [0.1, 0.15) is 22.3 Å². The van der Waals surface area contributed by atoms with Crippen molar-refractivity contribution in [2.75, 3.05) is 5.32 Å². The number of para-hydroxylation sites is 1. The van der Waals surface area contributed by atoms with Gasteiger partial charge in [0.05, 0.1) is 5.57 Å². The Morgan fingerprint density at radius 1 is 0.750 bits per heavy atom. The van der Waals surface area contributed by atoms with Crippen LogP contribution in [0.25, 0.3) is 11.1 Å². The number of hydrogen-bond acceptors (Lipinski definition) is 1. The SMILES string of the molecule is Cc1ccc(/C(=C2/C(=O)Nc3ccccc32)c2ccccc2)cc1. The van der Waals surface area contributed by atoms with E-state index < -0.39 is 0 Å². The third-order valence-corrected chi connectivity index (χ3v) is 4.32. The van der Waals surface area contributed by atoms with E-state index in [-0.39, 0.29) is 5.91 Å². The lowest BCUT2D eigenvalue weighted by atomic mass is 9.90. The molecule has 3 aromatic carbocycles. The lowest BCUT2D eigenvalue weighted by molar-refractivity contribution is -0.110. The Labute approximate surface area is 141 Å². The zero-order valence-electron chi connectivity index (χ0n) is 13.4. The van der Waals surface area contributed by atoms with E-state index in [2.05, 4.69) is 48.6 Å². The first kappa shape index (κ1) is 14.5. The summed E-state index contributed by atoms with van der Waals surface area (Å²) in [6, 6.07) is 26.3.